The Bertz CT molecular complexity index is 1090. The molecule has 0 bridgehead atoms. The zero-order valence-electron chi connectivity index (χ0n) is 17.4. The Morgan fingerprint density at radius 3 is 2.28 bits per heavy atom. The van der Waals surface area contributed by atoms with Gasteiger partial charge in [-0.15, -0.1) is 0 Å². The summed E-state index contributed by atoms with van der Waals surface area (Å²) in [4.78, 5) is 49.7. The van der Waals surface area contributed by atoms with E-state index >= 15 is 4.39 Å². The van der Waals surface area contributed by atoms with E-state index in [4.69, 9.17) is 18.9 Å². The van der Waals surface area contributed by atoms with Crippen LogP contribution in [0.2, 0.25) is 0 Å². The zero-order chi connectivity index (χ0) is 23.4. The summed E-state index contributed by atoms with van der Waals surface area (Å²) in [7, 11) is 1.50. The lowest BCUT2D eigenvalue weighted by atomic mass is 10.1. The van der Waals surface area contributed by atoms with Crippen LogP contribution in [0.4, 0.5) is 4.39 Å². The number of benzene rings is 1. The zero-order valence-corrected chi connectivity index (χ0v) is 18.2. The minimum absolute atomic E-state index is 0.539. The summed E-state index contributed by atoms with van der Waals surface area (Å²) in [6.45, 7) is 2.23. The Labute approximate surface area is 185 Å². The number of nitrogens with one attached hydrogen (secondary N) is 1. The molecule has 10 nitrogen and oxygen atoms in total. The molecule has 1 unspecified atom stereocenters. The Hall–Kier alpha value is -3.12. The van der Waals surface area contributed by atoms with Crippen LogP contribution >= 0.6 is 11.8 Å². The lowest BCUT2D eigenvalue weighted by Gasteiger charge is -2.24. The van der Waals surface area contributed by atoms with E-state index < -0.39 is 53.2 Å². The predicted molar refractivity (Wildman–Crippen MR) is 110 cm³/mol. The molecule has 32 heavy (non-hydrogen) atoms. The van der Waals surface area contributed by atoms with Gasteiger partial charge in [0.1, 0.15) is 11.9 Å². The van der Waals surface area contributed by atoms with E-state index in [1.54, 1.807) is 24.3 Å². The molecule has 172 valence electrons. The lowest BCUT2D eigenvalue weighted by molar-refractivity contribution is -0.165. The molecular formula is C20H21FN2O8S. The first-order valence-corrected chi connectivity index (χ1v) is 10.3. The Morgan fingerprint density at radius 2 is 1.72 bits per heavy atom. The van der Waals surface area contributed by atoms with Gasteiger partial charge < -0.3 is 18.9 Å². The van der Waals surface area contributed by atoms with Crippen molar-refractivity contribution in [2.75, 3.05) is 7.11 Å². The topological polar surface area (TPSA) is 126 Å². The van der Waals surface area contributed by atoms with Crippen molar-refractivity contribution in [3.8, 4) is 5.75 Å². The summed E-state index contributed by atoms with van der Waals surface area (Å²) in [5, 5.41) is 0. The number of nitrogens with zero attached hydrogens (tertiary/aromatic N) is 1. The second kappa shape index (κ2) is 10.0. The summed E-state index contributed by atoms with van der Waals surface area (Å²) in [5.74, 6) is -0.916. The summed E-state index contributed by atoms with van der Waals surface area (Å²) in [6.07, 6.45) is -4.29. The summed E-state index contributed by atoms with van der Waals surface area (Å²) in [5.41, 5.74) is -3.28. The number of aromatic amines is 1. The highest BCUT2D eigenvalue weighted by Gasteiger charge is 2.53. The second-order valence-electron chi connectivity index (χ2n) is 6.80. The van der Waals surface area contributed by atoms with Crippen LogP contribution in [0.15, 0.2) is 51.0 Å². The molecule has 1 N–H and O–H groups in total. The third-order valence-electron chi connectivity index (χ3n) is 4.52. The van der Waals surface area contributed by atoms with Crippen molar-refractivity contribution in [2.45, 2.75) is 48.8 Å². The van der Waals surface area contributed by atoms with Gasteiger partial charge in [-0.1, -0.05) is 11.8 Å². The van der Waals surface area contributed by atoms with Gasteiger partial charge in [0.2, 0.25) is 0 Å². The van der Waals surface area contributed by atoms with Crippen LogP contribution in [0.25, 0.3) is 0 Å². The quantitative estimate of drug-likeness (QED) is 0.474. The summed E-state index contributed by atoms with van der Waals surface area (Å²) >= 11 is 0.791. The fraction of sp³-hybridized carbons (Fsp3) is 0.400. The van der Waals surface area contributed by atoms with Crippen LogP contribution in [-0.2, 0) is 23.8 Å². The number of alkyl halides is 1. The molecule has 1 aliphatic rings. The maximum atomic E-state index is 15.4. The molecule has 1 aromatic heterocycles. The standard InChI is InChI=1S/C20H21FN2O8S/c1-10(24)29-15-16(18(21)32-13-6-4-12(28-3)5-7-13)31-19(17(15)30-11(2)25)23-9-8-14(26)22-20(23)27/h4-9,15-19H,1-3H3,(H,22,26,27)/t15-,16+,17-,18?,19-/m1/s1. The van der Waals surface area contributed by atoms with Crippen molar-refractivity contribution in [1.82, 2.24) is 9.55 Å². The lowest BCUT2D eigenvalue weighted by Crippen LogP contribution is -2.43. The third-order valence-corrected chi connectivity index (χ3v) is 5.56. The molecule has 0 aliphatic carbocycles. The average Bonchev–Trinajstić information content (AvgIpc) is 3.05. The molecule has 1 aliphatic heterocycles. The maximum absolute atomic E-state index is 15.4. The monoisotopic (exact) mass is 468 g/mol. The van der Waals surface area contributed by atoms with Gasteiger partial charge in [0.15, 0.2) is 23.9 Å². The van der Waals surface area contributed by atoms with Gasteiger partial charge in [-0.3, -0.25) is 23.9 Å². The molecule has 5 atom stereocenters. The predicted octanol–water partition coefficient (Wildman–Crippen LogP) is 1.39. The molecular weight excluding hydrogens is 447 g/mol. The highest BCUT2D eigenvalue weighted by molar-refractivity contribution is 7.99. The van der Waals surface area contributed by atoms with Gasteiger partial charge in [-0.05, 0) is 24.3 Å². The number of ether oxygens (including phenoxy) is 4. The molecule has 2 heterocycles. The largest absolute Gasteiger partial charge is 0.497 e. The van der Waals surface area contributed by atoms with Gasteiger partial charge in [0, 0.05) is 31.0 Å². The molecule has 2 aromatic rings. The number of hydrogen-bond donors (Lipinski definition) is 1. The third kappa shape index (κ3) is 5.37. The molecule has 0 spiro atoms. The van der Waals surface area contributed by atoms with Gasteiger partial charge in [-0.25, -0.2) is 9.18 Å². The van der Waals surface area contributed by atoms with Crippen molar-refractivity contribution < 1.29 is 32.9 Å². The van der Waals surface area contributed by atoms with E-state index in [1.165, 1.54) is 7.11 Å². The number of carbonyl (C=O) groups is 2. The molecule has 1 saturated heterocycles. The van der Waals surface area contributed by atoms with Crippen molar-refractivity contribution >= 4 is 23.7 Å². The Morgan fingerprint density at radius 1 is 1.09 bits per heavy atom. The minimum Gasteiger partial charge on any atom is -0.497 e. The van der Waals surface area contributed by atoms with Crippen LogP contribution in [0.1, 0.15) is 20.1 Å². The fourth-order valence-corrected chi connectivity index (χ4v) is 4.13. The highest BCUT2D eigenvalue weighted by atomic mass is 32.2. The summed E-state index contributed by atoms with van der Waals surface area (Å²) < 4.78 is 37.6. The average molecular weight is 468 g/mol. The maximum Gasteiger partial charge on any atom is 0.330 e. The Balaban J connectivity index is 1.94. The van der Waals surface area contributed by atoms with Gasteiger partial charge >= 0.3 is 17.6 Å². The highest BCUT2D eigenvalue weighted by Crippen LogP contribution is 2.40. The van der Waals surface area contributed by atoms with Gasteiger partial charge in [0.25, 0.3) is 5.56 Å². The molecule has 0 amide bonds. The van der Waals surface area contributed by atoms with Crippen molar-refractivity contribution in [1.29, 1.82) is 0 Å². The number of halogens is 1. The second-order valence-corrected chi connectivity index (χ2v) is 7.96. The van der Waals surface area contributed by atoms with Gasteiger partial charge in [0.05, 0.1) is 7.11 Å². The summed E-state index contributed by atoms with van der Waals surface area (Å²) in [6, 6.07) is 7.64. The molecule has 12 heteroatoms. The van der Waals surface area contributed by atoms with Gasteiger partial charge in [-0.2, -0.15) is 0 Å². The van der Waals surface area contributed by atoms with E-state index in [0.29, 0.717) is 10.6 Å². The first kappa shape index (κ1) is 23.5. The van der Waals surface area contributed by atoms with Crippen molar-refractivity contribution in [2.24, 2.45) is 0 Å². The molecule has 0 radical (unpaired) electrons. The Kier molecular flexibility index (Phi) is 7.36. The van der Waals surface area contributed by atoms with Crippen LogP contribution < -0.4 is 16.0 Å². The minimum atomic E-state index is -1.77. The number of rotatable bonds is 7. The van der Waals surface area contributed by atoms with E-state index in [9.17, 15) is 19.2 Å². The van der Waals surface area contributed by atoms with Crippen LogP contribution in [0.3, 0.4) is 0 Å². The van der Waals surface area contributed by atoms with Crippen molar-refractivity contribution in [3.63, 3.8) is 0 Å². The number of methoxy groups -OCH3 is 1. The first-order chi connectivity index (χ1) is 15.2. The van der Waals surface area contributed by atoms with Crippen LogP contribution in [0, 0.1) is 0 Å². The number of thioether (sulfide) groups is 1. The smallest absolute Gasteiger partial charge is 0.330 e. The number of carbonyl (C=O) groups excluding carboxylic acids is 2. The number of esters is 2. The fourth-order valence-electron chi connectivity index (χ4n) is 3.22. The first-order valence-electron chi connectivity index (χ1n) is 9.45. The molecule has 1 aromatic carbocycles. The number of H-pyrrole nitrogens is 1. The van der Waals surface area contributed by atoms with E-state index in [0.717, 1.165) is 42.4 Å². The SMILES string of the molecule is COc1ccc(SC(F)[C@H]2O[C@@H](n3ccc(=O)[nH]c3=O)[C@H](OC(C)=O)[C@@H]2OC(C)=O)cc1. The van der Waals surface area contributed by atoms with Crippen LogP contribution in [0.5, 0.6) is 5.75 Å². The van der Waals surface area contributed by atoms with Crippen LogP contribution in [-0.4, -0.2) is 52.4 Å². The molecule has 0 saturated carbocycles. The van der Waals surface area contributed by atoms with E-state index in [2.05, 4.69) is 4.98 Å². The molecule has 3 rings (SSSR count). The van der Waals surface area contributed by atoms with Crippen molar-refractivity contribution in [3.05, 3.63) is 57.4 Å². The normalized spacial score (nSPS) is 23.4. The number of hydrogen-bond acceptors (Lipinski definition) is 9. The number of aromatic nitrogens is 2. The van der Waals surface area contributed by atoms with E-state index in [1.807, 2.05) is 0 Å². The molecule has 1 fully saturated rings. The van der Waals surface area contributed by atoms with E-state index in [-0.39, 0.29) is 0 Å².